The SMILES string of the molecule is CCCC(=O)N(O)C=O. The number of imide groups is 1. The van der Waals surface area contributed by atoms with Gasteiger partial charge in [0.2, 0.25) is 6.41 Å². The Morgan fingerprint density at radius 3 is 2.67 bits per heavy atom. The van der Waals surface area contributed by atoms with Crippen LogP contribution in [-0.4, -0.2) is 22.6 Å². The van der Waals surface area contributed by atoms with Crippen molar-refractivity contribution in [2.75, 3.05) is 0 Å². The second-order valence-electron chi connectivity index (χ2n) is 1.59. The molecule has 0 aliphatic rings. The van der Waals surface area contributed by atoms with Crippen LogP contribution in [0.25, 0.3) is 0 Å². The van der Waals surface area contributed by atoms with Crippen LogP contribution in [0.3, 0.4) is 0 Å². The van der Waals surface area contributed by atoms with Gasteiger partial charge >= 0.3 is 0 Å². The van der Waals surface area contributed by atoms with Crippen molar-refractivity contribution in [2.24, 2.45) is 0 Å². The molecule has 0 aromatic heterocycles. The highest BCUT2D eigenvalue weighted by atomic mass is 16.5. The molecule has 4 nitrogen and oxygen atoms in total. The van der Waals surface area contributed by atoms with Crippen molar-refractivity contribution in [2.45, 2.75) is 19.8 Å². The minimum absolute atomic E-state index is 0.0590. The van der Waals surface area contributed by atoms with Crippen molar-refractivity contribution in [1.29, 1.82) is 0 Å². The summed E-state index contributed by atoms with van der Waals surface area (Å²) >= 11 is 0. The summed E-state index contributed by atoms with van der Waals surface area (Å²) in [6.45, 7) is 1.79. The van der Waals surface area contributed by atoms with E-state index in [2.05, 4.69) is 0 Å². The first-order valence-corrected chi connectivity index (χ1v) is 2.68. The third kappa shape index (κ3) is 2.81. The topological polar surface area (TPSA) is 57.6 Å². The molecule has 0 radical (unpaired) electrons. The van der Waals surface area contributed by atoms with Gasteiger partial charge in [0.1, 0.15) is 0 Å². The largest absolute Gasteiger partial charge is 0.279 e. The maximum absolute atomic E-state index is 10.4. The molecule has 1 N–H and O–H groups in total. The molecule has 52 valence electrons. The van der Waals surface area contributed by atoms with E-state index in [1.807, 2.05) is 0 Å². The van der Waals surface area contributed by atoms with Crippen molar-refractivity contribution < 1.29 is 14.8 Å². The van der Waals surface area contributed by atoms with Crippen LogP contribution >= 0.6 is 0 Å². The number of hydrogen-bond donors (Lipinski definition) is 1. The normalized spacial score (nSPS) is 8.67. The average Bonchev–Trinajstić information content (AvgIpc) is 1.87. The zero-order chi connectivity index (χ0) is 7.28. The monoisotopic (exact) mass is 131 g/mol. The van der Waals surface area contributed by atoms with Gasteiger partial charge < -0.3 is 0 Å². The summed E-state index contributed by atoms with van der Waals surface area (Å²) in [5.74, 6) is -0.562. The van der Waals surface area contributed by atoms with Crippen LogP contribution in [0.4, 0.5) is 0 Å². The number of rotatable bonds is 3. The molecule has 4 heteroatoms. The maximum Gasteiger partial charge on any atom is 0.253 e. The summed E-state index contributed by atoms with van der Waals surface area (Å²) in [5, 5.41) is 8.43. The van der Waals surface area contributed by atoms with E-state index in [0.29, 0.717) is 6.42 Å². The van der Waals surface area contributed by atoms with Crippen molar-refractivity contribution in [3.63, 3.8) is 0 Å². The Balaban J connectivity index is 3.58. The van der Waals surface area contributed by atoms with E-state index in [-0.39, 0.29) is 17.9 Å². The van der Waals surface area contributed by atoms with Crippen LogP contribution in [-0.2, 0) is 9.59 Å². The molecule has 2 amide bonds. The van der Waals surface area contributed by atoms with Gasteiger partial charge in [0.15, 0.2) is 0 Å². The molecule has 0 aliphatic heterocycles. The van der Waals surface area contributed by atoms with E-state index in [0.717, 1.165) is 0 Å². The lowest BCUT2D eigenvalue weighted by molar-refractivity contribution is -0.170. The first-order valence-electron chi connectivity index (χ1n) is 2.68. The zero-order valence-corrected chi connectivity index (χ0v) is 5.20. The Morgan fingerprint density at radius 2 is 2.33 bits per heavy atom. The van der Waals surface area contributed by atoms with Crippen molar-refractivity contribution in [3.05, 3.63) is 0 Å². The van der Waals surface area contributed by atoms with E-state index in [9.17, 15) is 9.59 Å². The Morgan fingerprint density at radius 1 is 1.78 bits per heavy atom. The molecule has 0 saturated heterocycles. The number of hydroxylamine groups is 2. The van der Waals surface area contributed by atoms with Gasteiger partial charge in [-0.1, -0.05) is 6.92 Å². The van der Waals surface area contributed by atoms with Crippen LogP contribution in [0.2, 0.25) is 0 Å². The molecule has 0 bridgehead atoms. The van der Waals surface area contributed by atoms with Crippen molar-refractivity contribution in [1.82, 2.24) is 5.06 Å². The number of carbonyl (C=O) groups is 2. The van der Waals surface area contributed by atoms with Gasteiger partial charge in [0, 0.05) is 6.42 Å². The third-order valence-corrected chi connectivity index (χ3v) is 0.819. The average molecular weight is 131 g/mol. The summed E-state index contributed by atoms with van der Waals surface area (Å²) < 4.78 is 0. The van der Waals surface area contributed by atoms with Gasteiger partial charge in [0.05, 0.1) is 0 Å². The number of hydrogen-bond acceptors (Lipinski definition) is 3. The van der Waals surface area contributed by atoms with Crippen LogP contribution in [0.15, 0.2) is 0 Å². The van der Waals surface area contributed by atoms with E-state index in [1.54, 1.807) is 6.92 Å². The highest BCUT2D eigenvalue weighted by Gasteiger charge is 2.05. The molecular weight excluding hydrogens is 122 g/mol. The second kappa shape index (κ2) is 4.03. The first-order chi connectivity index (χ1) is 4.22. The minimum Gasteiger partial charge on any atom is -0.279 e. The minimum atomic E-state index is -0.562. The van der Waals surface area contributed by atoms with Crippen LogP contribution in [0.1, 0.15) is 19.8 Å². The quantitative estimate of drug-likeness (QED) is 0.337. The Kier molecular flexibility index (Phi) is 3.62. The van der Waals surface area contributed by atoms with Gasteiger partial charge in [-0.3, -0.25) is 14.8 Å². The summed E-state index contributed by atoms with van der Waals surface area (Å²) in [4.78, 5) is 20.1. The summed E-state index contributed by atoms with van der Waals surface area (Å²) in [6.07, 6.45) is 0.914. The van der Waals surface area contributed by atoms with Crippen LogP contribution in [0, 0.1) is 0 Å². The van der Waals surface area contributed by atoms with E-state index in [4.69, 9.17) is 5.21 Å². The molecule has 0 fully saturated rings. The predicted molar refractivity (Wildman–Crippen MR) is 29.6 cm³/mol. The number of nitrogens with zero attached hydrogens (tertiary/aromatic N) is 1. The predicted octanol–water partition coefficient (Wildman–Crippen LogP) is 0.161. The van der Waals surface area contributed by atoms with E-state index in [1.165, 1.54) is 0 Å². The fraction of sp³-hybridized carbons (Fsp3) is 0.600. The molecule has 0 aliphatic carbocycles. The van der Waals surface area contributed by atoms with Gasteiger partial charge in [0.25, 0.3) is 5.91 Å². The fourth-order valence-corrected chi connectivity index (χ4v) is 0.387. The molecule has 0 aromatic rings. The summed E-state index contributed by atoms with van der Waals surface area (Å²) in [5.41, 5.74) is 0. The number of amides is 2. The molecule has 0 saturated carbocycles. The molecule has 0 rings (SSSR count). The Bertz CT molecular complexity index is 113. The molecule has 9 heavy (non-hydrogen) atoms. The lowest BCUT2D eigenvalue weighted by atomic mass is 10.3. The highest BCUT2D eigenvalue weighted by Crippen LogP contribution is 1.90. The lowest BCUT2D eigenvalue weighted by Crippen LogP contribution is -2.24. The van der Waals surface area contributed by atoms with Crippen LogP contribution in [0.5, 0.6) is 0 Å². The second-order valence-corrected chi connectivity index (χ2v) is 1.59. The van der Waals surface area contributed by atoms with Gasteiger partial charge in [-0.25, -0.2) is 0 Å². The molecule has 0 aromatic carbocycles. The van der Waals surface area contributed by atoms with Gasteiger partial charge in [-0.05, 0) is 6.42 Å². The number of carbonyl (C=O) groups excluding carboxylic acids is 2. The van der Waals surface area contributed by atoms with Gasteiger partial charge in [-0.2, -0.15) is 5.06 Å². The van der Waals surface area contributed by atoms with E-state index >= 15 is 0 Å². The van der Waals surface area contributed by atoms with Crippen molar-refractivity contribution in [3.8, 4) is 0 Å². The van der Waals surface area contributed by atoms with E-state index < -0.39 is 5.91 Å². The molecule has 0 heterocycles. The fourth-order valence-electron chi connectivity index (χ4n) is 0.387. The molecule has 0 spiro atoms. The first kappa shape index (κ1) is 8.10. The standard InChI is InChI=1S/C5H9NO3/c1-2-3-5(8)6(9)4-7/h4,9H,2-3H2,1H3. The highest BCUT2D eigenvalue weighted by molar-refractivity contribution is 5.84. The smallest absolute Gasteiger partial charge is 0.253 e. The molecule has 0 unspecified atom stereocenters. The summed E-state index contributed by atoms with van der Waals surface area (Å²) in [6, 6.07) is 0. The Labute approximate surface area is 53.0 Å². The zero-order valence-electron chi connectivity index (χ0n) is 5.20. The maximum atomic E-state index is 10.4. The molecular formula is C5H9NO3. The van der Waals surface area contributed by atoms with Crippen molar-refractivity contribution >= 4 is 12.3 Å². The molecule has 0 atom stereocenters. The van der Waals surface area contributed by atoms with Crippen LogP contribution < -0.4 is 0 Å². The lowest BCUT2D eigenvalue weighted by Gasteiger charge is -2.03. The van der Waals surface area contributed by atoms with Gasteiger partial charge in [-0.15, -0.1) is 0 Å². The third-order valence-electron chi connectivity index (χ3n) is 0.819. The summed E-state index contributed by atoms with van der Waals surface area (Å²) in [7, 11) is 0. The Hall–Kier alpha value is -0.900.